The molecule has 0 bridgehead atoms. The highest BCUT2D eigenvalue weighted by Gasteiger charge is 1.99. The van der Waals surface area contributed by atoms with Crippen molar-refractivity contribution in [2.45, 2.75) is 39.3 Å². The van der Waals surface area contributed by atoms with E-state index in [2.05, 4.69) is 43.4 Å². The summed E-state index contributed by atoms with van der Waals surface area (Å²) >= 11 is 0. The summed E-state index contributed by atoms with van der Waals surface area (Å²) in [6.45, 7) is 7.64. The van der Waals surface area contributed by atoms with Crippen LogP contribution in [-0.4, -0.2) is 17.8 Å². The lowest BCUT2D eigenvalue weighted by atomic mass is 10.0. The molecule has 0 fully saturated rings. The Hall–Kier alpha value is -0.860. The molecule has 2 nitrogen and oxygen atoms in total. The third-order valence-electron chi connectivity index (χ3n) is 2.42. The van der Waals surface area contributed by atoms with Gasteiger partial charge in [-0.1, -0.05) is 38.1 Å². The smallest absolute Gasteiger partial charge is 0.0636 e. The van der Waals surface area contributed by atoms with Gasteiger partial charge in [0.05, 0.1) is 6.10 Å². The molecule has 1 aromatic rings. The fourth-order valence-corrected chi connectivity index (χ4v) is 1.45. The Morgan fingerprint density at radius 1 is 1.13 bits per heavy atom. The van der Waals surface area contributed by atoms with Gasteiger partial charge >= 0.3 is 0 Å². The third kappa shape index (κ3) is 4.45. The molecule has 0 aliphatic heterocycles. The first-order chi connectivity index (χ1) is 7.09. The van der Waals surface area contributed by atoms with Gasteiger partial charge in [-0.15, -0.1) is 0 Å². The highest BCUT2D eigenvalue weighted by atomic mass is 16.3. The molecule has 0 heterocycles. The van der Waals surface area contributed by atoms with Crippen LogP contribution in [0.4, 0.5) is 0 Å². The van der Waals surface area contributed by atoms with Crippen LogP contribution in [0.3, 0.4) is 0 Å². The molecule has 2 heteroatoms. The molecular weight excluding hydrogens is 186 g/mol. The topological polar surface area (TPSA) is 32.3 Å². The summed E-state index contributed by atoms with van der Waals surface area (Å²) < 4.78 is 0. The highest BCUT2D eigenvalue weighted by molar-refractivity contribution is 5.24. The van der Waals surface area contributed by atoms with Gasteiger partial charge in [-0.2, -0.15) is 0 Å². The maximum absolute atomic E-state index is 9.08. The Morgan fingerprint density at radius 2 is 1.73 bits per heavy atom. The molecule has 0 amide bonds. The van der Waals surface area contributed by atoms with Gasteiger partial charge in [0.15, 0.2) is 0 Å². The lowest BCUT2D eigenvalue weighted by Crippen LogP contribution is -2.23. The Morgan fingerprint density at radius 3 is 2.20 bits per heavy atom. The zero-order valence-electron chi connectivity index (χ0n) is 9.83. The van der Waals surface area contributed by atoms with E-state index in [1.807, 2.05) is 0 Å². The molecule has 0 spiro atoms. The maximum atomic E-state index is 9.08. The third-order valence-corrected chi connectivity index (χ3v) is 2.42. The van der Waals surface area contributed by atoms with Crippen molar-refractivity contribution in [3.63, 3.8) is 0 Å². The maximum Gasteiger partial charge on any atom is 0.0636 e. The van der Waals surface area contributed by atoms with Gasteiger partial charge in [0.25, 0.3) is 0 Å². The predicted molar refractivity (Wildman–Crippen MR) is 63.9 cm³/mol. The largest absolute Gasteiger partial charge is 0.392 e. The van der Waals surface area contributed by atoms with Crippen LogP contribution in [-0.2, 0) is 6.54 Å². The van der Waals surface area contributed by atoms with Crippen molar-refractivity contribution in [3.05, 3.63) is 35.4 Å². The van der Waals surface area contributed by atoms with Crippen LogP contribution in [0.15, 0.2) is 24.3 Å². The summed E-state index contributed by atoms with van der Waals surface area (Å²) in [5.74, 6) is 0.587. The van der Waals surface area contributed by atoms with Gasteiger partial charge < -0.3 is 10.4 Å². The number of benzene rings is 1. The number of hydrogen-bond acceptors (Lipinski definition) is 2. The summed E-state index contributed by atoms with van der Waals surface area (Å²) in [6.07, 6.45) is -0.278. The summed E-state index contributed by atoms with van der Waals surface area (Å²) in [7, 11) is 0. The number of hydrogen-bond donors (Lipinski definition) is 2. The fourth-order valence-electron chi connectivity index (χ4n) is 1.45. The molecule has 0 aliphatic rings. The van der Waals surface area contributed by atoms with Crippen molar-refractivity contribution in [2.24, 2.45) is 0 Å². The molecule has 0 aromatic heterocycles. The van der Waals surface area contributed by atoms with Gasteiger partial charge in [-0.25, -0.2) is 0 Å². The molecular formula is C13H21NO. The summed E-state index contributed by atoms with van der Waals surface area (Å²) in [6, 6.07) is 8.63. The summed E-state index contributed by atoms with van der Waals surface area (Å²) in [5, 5.41) is 12.3. The van der Waals surface area contributed by atoms with Crippen LogP contribution < -0.4 is 5.32 Å². The molecule has 1 atom stereocenters. The second-order valence-electron chi connectivity index (χ2n) is 4.38. The van der Waals surface area contributed by atoms with Crippen molar-refractivity contribution >= 4 is 0 Å². The van der Waals surface area contributed by atoms with Gasteiger partial charge in [0.1, 0.15) is 0 Å². The number of aliphatic hydroxyl groups excluding tert-OH is 1. The standard InChI is InChI=1S/C13H21NO/c1-10(2)13-6-4-12(5-7-13)9-14-8-11(3)15/h4-7,10-11,14-15H,8-9H2,1-3H3/t11-/m1/s1. The monoisotopic (exact) mass is 207 g/mol. The molecule has 0 aliphatic carbocycles. The van der Waals surface area contributed by atoms with E-state index in [1.165, 1.54) is 11.1 Å². The van der Waals surface area contributed by atoms with Crippen LogP contribution in [0.2, 0.25) is 0 Å². The first kappa shape index (κ1) is 12.2. The van der Waals surface area contributed by atoms with E-state index >= 15 is 0 Å². The van der Waals surface area contributed by atoms with Gasteiger partial charge in [-0.05, 0) is 24.0 Å². The van der Waals surface area contributed by atoms with Crippen molar-refractivity contribution in [1.82, 2.24) is 5.32 Å². The van der Waals surface area contributed by atoms with Gasteiger partial charge in [0.2, 0.25) is 0 Å². The van der Waals surface area contributed by atoms with Gasteiger partial charge in [-0.3, -0.25) is 0 Å². The van der Waals surface area contributed by atoms with Crippen molar-refractivity contribution < 1.29 is 5.11 Å². The van der Waals surface area contributed by atoms with Crippen molar-refractivity contribution in [3.8, 4) is 0 Å². The van der Waals surface area contributed by atoms with E-state index in [1.54, 1.807) is 6.92 Å². The summed E-state index contributed by atoms with van der Waals surface area (Å²) in [4.78, 5) is 0. The number of rotatable bonds is 5. The van der Waals surface area contributed by atoms with Crippen LogP contribution in [0.5, 0.6) is 0 Å². The molecule has 0 saturated carbocycles. The minimum Gasteiger partial charge on any atom is -0.392 e. The van der Waals surface area contributed by atoms with Crippen LogP contribution in [0.1, 0.15) is 37.8 Å². The Labute approximate surface area is 92.3 Å². The molecule has 15 heavy (non-hydrogen) atoms. The lowest BCUT2D eigenvalue weighted by molar-refractivity contribution is 0.191. The van der Waals surface area contributed by atoms with Crippen molar-refractivity contribution in [2.75, 3.05) is 6.54 Å². The lowest BCUT2D eigenvalue weighted by Gasteiger charge is -2.09. The molecule has 2 N–H and O–H groups in total. The van der Waals surface area contributed by atoms with E-state index in [-0.39, 0.29) is 6.10 Å². The predicted octanol–water partition coefficient (Wildman–Crippen LogP) is 2.28. The van der Waals surface area contributed by atoms with Crippen LogP contribution in [0.25, 0.3) is 0 Å². The Balaban J connectivity index is 2.43. The normalized spacial score (nSPS) is 13.1. The Kier molecular flexibility index (Phi) is 4.79. The number of nitrogens with one attached hydrogen (secondary N) is 1. The van der Waals surface area contributed by atoms with E-state index in [9.17, 15) is 0 Å². The van der Waals surface area contributed by atoms with Crippen molar-refractivity contribution in [1.29, 1.82) is 0 Å². The van der Waals surface area contributed by atoms with E-state index < -0.39 is 0 Å². The van der Waals surface area contributed by atoms with E-state index in [0.717, 1.165) is 6.54 Å². The van der Waals surface area contributed by atoms with Crippen LogP contribution >= 0.6 is 0 Å². The first-order valence-corrected chi connectivity index (χ1v) is 5.57. The van der Waals surface area contributed by atoms with Gasteiger partial charge in [0, 0.05) is 13.1 Å². The molecule has 0 radical (unpaired) electrons. The molecule has 1 rings (SSSR count). The molecule has 0 unspecified atom stereocenters. The first-order valence-electron chi connectivity index (χ1n) is 5.57. The second-order valence-corrected chi connectivity index (χ2v) is 4.38. The highest BCUT2D eigenvalue weighted by Crippen LogP contribution is 2.14. The minimum absolute atomic E-state index is 0.278. The average Bonchev–Trinajstić information content (AvgIpc) is 2.18. The average molecular weight is 207 g/mol. The number of aliphatic hydroxyl groups is 1. The Bertz CT molecular complexity index is 277. The van der Waals surface area contributed by atoms with E-state index in [0.29, 0.717) is 12.5 Å². The quantitative estimate of drug-likeness (QED) is 0.776. The zero-order valence-corrected chi connectivity index (χ0v) is 9.83. The van der Waals surface area contributed by atoms with Crippen LogP contribution in [0, 0.1) is 0 Å². The fraction of sp³-hybridized carbons (Fsp3) is 0.538. The summed E-state index contributed by atoms with van der Waals surface area (Å²) in [5.41, 5.74) is 2.63. The zero-order chi connectivity index (χ0) is 11.3. The molecule has 84 valence electrons. The molecule has 0 saturated heterocycles. The SMILES string of the molecule is CC(C)c1ccc(CNC[C@@H](C)O)cc1. The minimum atomic E-state index is -0.278. The second kappa shape index (κ2) is 5.89. The van der Waals surface area contributed by atoms with E-state index in [4.69, 9.17) is 5.11 Å². The molecule has 1 aromatic carbocycles.